The van der Waals surface area contributed by atoms with Crippen LogP contribution in [0.5, 0.6) is 0 Å². The Bertz CT molecular complexity index is 1340. The number of aromatic nitrogens is 2. The lowest BCUT2D eigenvalue weighted by Crippen LogP contribution is -2.59. The zero-order valence-corrected chi connectivity index (χ0v) is 26.5. The Kier molecular flexibility index (Phi) is 7.72. The van der Waals surface area contributed by atoms with Crippen molar-refractivity contribution in [3.05, 3.63) is 44.0 Å². The molecule has 0 aliphatic carbocycles. The Hall–Kier alpha value is -1.63. The second-order valence-corrected chi connectivity index (χ2v) is 23.9. The fraction of sp³-hybridized carbons (Fsp3) is 0.739. The minimum atomic E-state index is -4.25. The predicted molar refractivity (Wildman–Crippen MR) is 145 cm³/mol. The van der Waals surface area contributed by atoms with E-state index in [-0.39, 0.29) is 22.4 Å². The molecular formula is C23H40FN3O8SSi2. The molecule has 4 atom stereocenters. The van der Waals surface area contributed by atoms with Crippen molar-refractivity contribution in [1.29, 1.82) is 0 Å². The van der Waals surface area contributed by atoms with Crippen LogP contribution in [0, 0.1) is 5.82 Å². The van der Waals surface area contributed by atoms with E-state index in [9.17, 15) is 22.4 Å². The van der Waals surface area contributed by atoms with Gasteiger partial charge in [-0.05, 0) is 36.3 Å². The van der Waals surface area contributed by atoms with Crippen LogP contribution in [0.15, 0.2) is 26.9 Å². The summed E-state index contributed by atoms with van der Waals surface area (Å²) in [6.45, 7) is 19.8. The van der Waals surface area contributed by atoms with Gasteiger partial charge in [0.05, 0.1) is 23.9 Å². The molecule has 2 aliphatic rings. The van der Waals surface area contributed by atoms with Gasteiger partial charge in [0.15, 0.2) is 28.5 Å². The molecule has 0 amide bonds. The van der Waals surface area contributed by atoms with Crippen molar-refractivity contribution < 1.29 is 30.6 Å². The van der Waals surface area contributed by atoms with Crippen LogP contribution in [0.25, 0.3) is 0 Å². The van der Waals surface area contributed by atoms with Gasteiger partial charge in [-0.2, -0.15) is 12.8 Å². The summed E-state index contributed by atoms with van der Waals surface area (Å²) in [5.41, 5.74) is 2.14. The van der Waals surface area contributed by atoms with E-state index in [4.69, 9.17) is 23.5 Å². The Morgan fingerprint density at radius 1 is 1.11 bits per heavy atom. The molecule has 0 saturated carbocycles. The van der Waals surface area contributed by atoms with E-state index in [2.05, 4.69) is 0 Å². The molecule has 11 nitrogen and oxygen atoms in total. The van der Waals surface area contributed by atoms with Crippen molar-refractivity contribution in [2.24, 2.45) is 5.73 Å². The third-order valence-electron chi connectivity index (χ3n) is 8.27. The van der Waals surface area contributed by atoms with Crippen LogP contribution in [-0.4, -0.2) is 59.0 Å². The molecule has 216 valence electrons. The van der Waals surface area contributed by atoms with Crippen molar-refractivity contribution in [2.45, 2.75) is 102 Å². The second-order valence-electron chi connectivity index (χ2n) is 13.0. The highest BCUT2D eigenvalue weighted by Gasteiger charge is 2.67. The van der Waals surface area contributed by atoms with Crippen LogP contribution in [0.3, 0.4) is 0 Å². The molecule has 3 rings (SSSR count). The Balaban J connectivity index is 2.24. The summed E-state index contributed by atoms with van der Waals surface area (Å²) in [7, 11) is -9.36. The van der Waals surface area contributed by atoms with E-state index >= 15 is 0 Å². The van der Waals surface area contributed by atoms with Gasteiger partial charge < -0.3 is 19.3 Å². The molecule has 1 spiro atoms. The maximum Gasteiger partial charge on any atom is 0.330 e. The van der Waals surface area contributed by atoms with Crippen LogP contribution >= 0.6 is 0 Å². The maximum atomic E-state index is 14.4. The van der Waals surface area contributed by atoms with E-state index < -0.39 is 67.9 Å². The van der Waals surface area contributed by atoms with Crippen LogP contribution in [0.2, 0.25) is 36.3 Å². The summed E-state index contributed by atoms with van der Waals surface area (Å²) in [5, 5.41) is 0.264. The maximum absolute atomic E-state index is 14.4. The SMILES string of the molecule is CC(C)(C)[Si](C)(C)OCC1O[C@@H](n2cc(F)c(=O)[nH]c2=O)[C@H](O[Si](C)(C)C(C)(C)C)C12OS(=O)(=O)C=C2N. The molecule has 2 aliphatic heterocycles. The molecular weight excluding hydrogens is 554 g/mol. The average molecular weight is 594 g/mol. The smallest absolute Gasteiger partial charge is 0.330 e. The molecule has 1 saturated heterocycles. The molecule has 1 aromatic rings. The first kappa shape index (κ1) is 30.9. The average Bonchev–Trinajstić information content (AvgIpc) is 3.14. The van der Waals surface area contributed by atoms with Crippen molar-refractivity contribution in [3.63, 3.8) is 0 Å². The van der Waals surface area contributed by atoms with E-state index in [1.807, 2.05) is 72.7 Å². The number of halogens is 1. The lowest BCUT2D eigenvalue weighted by molar-refractivity contribution is -0.0565. The molecule has 0 bridgehead atoms. The molecule has 15 heteroatoms. The fourth-order valence-electron chi connectivity index (χ4n) is 3.86. The zero-order chi connectivity index (χ0) is 29.3. The number of aromatic amines is 1. The highest BCUT2D eigenvalue weighted by atomic mass is 32.2. The standard InChI is InChI=1S/C23H40FN3O8SSi2/c1-21(2,3)37(7,8)32-12-16-23(15(25)13-36(30,31)35-23)17(34-38(9,10)22(4,5)6)19(33-16)27-11-14(24)18(28)26-20(27)29/h11,13,16-17,19H,12,25H2,1-10H3,(H,26,28,29)/t16?,17-,19+,23?/m0/s1. The number of hydrogen-bond donors (Lipinski definition) is 2. The van der Waals surface area contributed by atoms with Crippen LogP contribution in [-0.2, 0) is 27.9 Å². The van der Waals surface area contributed by atoms with E-state index in [1.165, 1.54) is 0 Å². The van der Waals surface area contributed by atoms with E-state index in [1.54, 1.807) is 0 Å². The minimum absolute atomic E-state index is 0.130. The van der Waals surface area contributed by atoms with Gasteiger partial charge >= 0.3 is 5.69 Å². The van der Waals surface area contributed by atoms with Crippen LogP contribution < -0.4 is 17.0 Å². The van der Waals surface area contributed by atoms with Gasteiger partial charge in [-0.3, -0.25) is 14.3 Å². The van der Waals surface area contributed by atoms with Crippen molar-refractivity contribution in [3.8, 4) is 0 Å². The van der Waals surface area contributed by atoms with Crippen molar-refractivity contribution in [2.75, 3.05) is 6.61 Å². The summed E-state index contributed by atoms with van der Waals surface area (Å²) in [6.07, 6.45) is -3.13. The number of nitrogens with two attached hydrogens (primary N) is 1. The third-order valence-corrected chi connectivity index (χ3v) is 18.3. The number of H-pyrrole nitrogens is 1. The fourth-order valence-corrected chi connectivity index (χ4v) is 7.37. The third kappa shape index (κ3) is 5.38. The lowest BCUT2D eigenvalue weighted by Gasteiger charge is -2.43. The van der Waals surface area contributed by atoms with Gasteiger partial charge in [-0.1, -0.05) is 41.5 Å². The Morgan fingerprint density at radius 2 is 1.66 bits per heavy atom. The topological polar surface area (TPSA) is 152 Å². The Labute approximate surface area is 224 Å². The summed E-state index contributed by atoms with van der Waals surface area (Å²) in [4.78, 5) is 26.5. The van der Waals surface area contributed by atoms with Gasteiger partial charge in [0.25, 0.3) is 15.7 Å². The number of ether oxygens (including phenoxy) is 1. The van der Waals surface area contributed by atoms with E-state index in [0.717, 1.165) is 9.98 Å². The molecule has 0 radical (unpaired) electrons. The number of rotatable bonds is 6. The summed E-state index contributed by atoms with van der Waals surface area (Å²) in [5.74, 6) is -1.22. The van der Waals surface area contributed by atoms with Crippen molar-refractivity contribution >= 4 is 26.8 Å². The minimum Gasteiger partial charge on any atom is -0.414 e. The Morgan fingerprint density at radius 3 is 2.13 bits per heavy atom. The molecule has 38 heavy (non-hydrogen) atoms. The predicted octanol–water partition coefficient (Wildman–Crippen LogP) is 2.88. The summed E-state index contributed by atoms with van der Waals surface area (Å²) >= 11 is 0. The molecule has 1 aromatic heterocycles. The highest BCUT2D eigenvalue weighted by molar-refractivity contribution is 7.90. The summed E-state index contributed by atoms with van der Waals surface area (Å²) in [6, 6.07) is 0. The molecule has 0 aromatic carbocycles. The van der Waals surface area contributed by atoms with E-state index in [0.29, 0.717) is 6.20 Å². The number of nitrogens with one attached hydrogen (secondary N) is 1. The first-order chi connectivity index (χ1) is 17.0. The first-order valence-corrected chi connectivity index (χ1v) is 19.7. The molecule has 3 N–H and O–H groups in total. The van der Waals surface area contributed by atoms with Gasteiger partial charge in [-0.25, -0.2) is 8.98 Å². The molecule has 2 unspecified atom stereocenters. The monoisotopic (exact) mass is 593 g/mol. The first-order valence-electron chi connectivity index (χ1n) is 12.4. The second kappa shape index (κ2) is 9.49. The van der Waals surface area contributed by atoms with Gasteiger partial charge in [0.2, 0.25) is 5.82 Å². The molecule has 3 heterocycles. The summed E-state index contributed by atoms with van der Waals surface area (Å²) < 4.78 is 65.7. The van der Waals surface area contributed by atoms with Gasteiger partial charge in [0.1, 0.15) is 12.2 Å². The number of hydrogen-bond acceptors (Lipinski definition) is 9. The number of nitrogens with zero attached hydrogens (tertiary/aromatic N) is 1. The van der Waals surface area contributed by atoms with Crippen molar-refractivity contribution in [1.82, 2.24) is 9.55 Å². The normalized spacial score (nSPS) is 28.2. The largest absolute Gasteiger partial charge is 0.414 e. The van der Waals surface area contributed by atoms with Gasteiger partial charge in [-0.15, -0.1) is 0 Å². The molecule has 1 fully saturated rings. The zero-order valence-electron chi connectivity index (χ0n) is 23.7. The van der Waals surface area contributed by atoms with Crippen LogP contribution in [0.4, 0.5) is 4.39 Å². The van der Waals surface area contributed by atoms with Gasteiger partial charge in [0, 0.05) is 0 Å². The lowest BCUT2D eigenvalue weighted by atomic mass is 9.89. The quantitative estimate of drug-likeness (QED) is 0.375. The highest BCUT2D eigenvalue weighted by Crippen LogP contribution is 2.52. The van der Waals surface area contributed by atoms with Crippen LogP contribution in [0.1, 0.15) is 47.8 Å².